The zero-order valence-corrected chi connectivity index (χ0v) is 13.2. The molecule has 2 heterocycles. The van der Waals surface area contributed by atoms with Gasteiger partial charge in [0, 0.05) is 36.3 Å². The number of nitrogens with zero attached hydrogens (tertiary/aromatic N) is 2. The molecule has 0 amide bonds. The molecule has 0 aliphatic carbocycles. The normalized spacial score (nSPS) is 23.5. The van der Waals surface area contributed by atoms with Crippen molar-refractivity contribution < 1.29 is 4.74 Å². The van der Waals surface area contributed by atoms with Gasteiger partial charge in [-0.3, -0.25) is 0 Å². The van der Waals surface area contributed by atoms with Crippen LogP contribution in [0.15, 0.2) is 5.38 Å². The van der Waals surface area contributed by atoms with Crippen LogP contribution in [-0.4, -0.2) is 48.8 Å². The fourth-order valence-electron chi connectivity index (χ4n) is 2.15. The number of aromatic nitrogens is 1. The van der Waals surface area contributed by atoms with E-state index < -0.39 is 0 Å². The smallest absolute Gasteiger partial charge is 0.0944 e. The van der Waals surface area contributed by atoms with Crippen LogP contribution in [0.3, 0.4) is 0 Å². The fraction of sp³-hybridized carbons (Fsp3) is 0.786. The standard InChI is InChI=1S/C14H25N3OS/c1-14(2,3)12-9-19-13(16-12)7-10(15)11-8-17(4)5-6-18-11/h9-11H,5-8,15H2,1-4H3. The Morgan fingerprint density at radius 3 is 2.89 bits per heavy atom. The van der Waals surface area contributed by atoms with Gasteiger partial charge in [-0.2, -0.15) is 0 Å². The van der Waals surface area contributed by atoms with E-state index in [2.05, 4.69) is 38.1 Å². The van der Waals surface area contributed by atoms with Gasteiger partial charge in [0.1, 0.15) is 0 Å². The maximum Gasteiger partial charge on any atom is 0.0944 e. The fourth-order valence-corrected chi connectivity index (χ4v) is 3.25. The van der Waals surface area contributed by atoms with E-state index in [1.54, 1.807) is 11.3 Å². The van der Waals surface area contributed by atoms with Crippen LogP contribution in [0.1, 0.15) is 31.5 Å². The second-order valence-electron chi connectivity index (χ2n) is 6.42. The third-order valence-corrected chi connectivity index (χ3v) is 4.38. The summed E-state index contributed by atoms with van der Waals surface area (Å²) in [6.45, 7) is 9.24. The van der Waals surface area contributed by atoms with Crippen molar-refractivity contribution in [1.82, 2.24) is 9.88 Å². The van der Waals surface area contributed by atoms with Gasteiger partial charge in [0.25, 0.3) is 0 Å². The van der Waals surface area contributed by atoms with Crippen LogP contribution in [0, 0.1) is 0 Å². The van der Waals surface area contributed by atoms with E-state index in [9.17, 15) is 0 Å². The molecule has 1 aliphatic heterocycles. The molecule has 0 aromatic carbocycles. The molecule has 0 bridgehead atoms. The second kappa shape index (κ2) is 5.87. The number of thiazole rings is 1. The summed E-state index contributed by atoms with van der Waals surface area (Å²) < 4.78 is 5.77. The number of hydrogen-bond acceptors (Lipinski definition) is 5. The molecule has 0 saturated carbocycles. The minimum absolute atomic E-state index is 0.0294. The number of rotatable bonds is 3. The minimum Gasteiger partial charge on any atom is -0.374 e. The quantitative estimate of drug-likeness (QED) is 0.916. The summed E-state index contributed by atoms with van der Waals surface area (Å²) in [5.74, 6) is 0. The summed E-state index contributed by atoms with van der Waals surface area (Å²) in [7, 11) is 2.11. The average molecular weight is 283 g/mol. The Balaban J connectivity index is 1.95. The Labute approximate surface area is 120 Å². The van der Waals surface area contributed by atoms with Gasteiger partial charge in [0.15, 0.2) is 0 Å². The Bertz CT molecular complexity index is 413. The predicted molar refractivity (Wildman–Crippen MR) is 79.7 cm³/mol. The monoisotopic (exact) mass is 283 g/mol. The average Bonchev–Trinajstić information content (AvgIpc) is 2.77. The van der Waals surface area contributed by atoms with Gasteiger partial charge in [-0.1, -0.05) is 20.8 Å². The summed E-state index contributed by atoms with van der Waals surface area (Å²) in [4.78, 5) is 6.98. The minimum atomic E-state index is 0.0294. The molecule has 2 rings (SSSR count). The van der Waals surface area contributed by atoms with Crippen molar-refractivity contribution in [3.05, 3.63) is 16.1 Å². The van der Waals surface area contributed by atoms with Gasteiger partial charge in [-0.05, 0) is 7.05 Å². The molecule has 1 aliphatic rings. The van der Waals surface area contributed by atoms with Crippen molar-refractivity contribution in [3.8, 4) is 0 Å². The Kier molecular flexibility index (Phi) is 4.61. The molecule has 19 heavy (non-hydrogen) atoms. The molecular formula is C14H25N3OS. The van der Waals surface area contributed by atoms with E-state index in [4.69, 9.17) is 15.5 Å². The third-order valence-electron chi connectivity index (χ3n) is 3.50. The lowest BCUT2D eigenvalue weighted by molar-refractivity contribution is -0.0319. The number of nitrogens with two attached hydrogens (primary N) is 1. The Hall–Kier alpha value is -0.490. The summed E-state index contributed by atoms with van der Waals surface area (Å²) in [5, 5.41) is 3.27. The van der Waals surface area contributed by atoms with E-state index >= 15 is 0 Å². The van der Waals surface area contributed by atoms with Crippen molar-refractivity contribution in [1.29, 1.82) is 0 Å². The van der Waals surface area contributed by atoms with E-state index in [0.29, 0.717) is 0 Å². The number of ether oxygens (including phenoxy) is 1. The van der Waals surface area contributed by atoms with E-state index in [1.807, 2.05) is 0 Å². The molecule has 2 atom stereocenters. The van der Waals surface area contributed by atoms with Gasteiger partial charge in [0.2, 0.25) is 0 Å². The Morgan fingerprint density at radius 1 is 1.58 bits per heavy atom. The maximum absolute atomic E-state index is 6.28. The lowest BCUT2D eigenvalue weighted by Gasteiger charge is -2.33. The molecule has 1 fully saturated rings. The van der Waals surface area contributed by atoms with Gasteiger partial charge in [-0.25, -0.2) is 4.98 Å². The second-order valence-corrected chi connectivity index (χ2v) is 7.36. The molecular weight excluding hydrogens is 258 g/mol. The van der Waals surface area contributed by atoms with Crippen LogP contribution in [0.2, 0.25) is 0 Å². The molecule has 4 nitrogen and oxygen atoms in total. The first-order chi connectivity index (χ1) is 8.86. The van der Waals surface area contributed by atoms with Crippen molar-refractivity contribution >= 4 is 11.3 Å². The number of hydrogen-bond donors (Lipinski definition) is 1. The summed E-state index contributed by atoms with van der Waals surface area (Å²) in [6, 6.07) is 0.0294. The lowest BCUT2D eigenvalue weighted by Crippen LogP contribution is -2.50. The first-order valence-electron chi connectivity index (χ1n) is 6.87. The largest absolute Gasteiger partial charge is 0.374 e. The number of likely N-dealkylation sites (N-methyl/N-ethyl adjacent to an activating group) is 1. The van der Waals surface area contributed by atoms with Crippen LogP contribution in [0.5, 0.6) is 0 Å². The highest BCUT2D eigenvalue weighted by Gasteiger charge is 2.25. The van der Waals surface area contributed by atoms with Gasteiger partial charge >= 0.3 is 0 Å². The van der Waals surface area contributed by atoms with Gasteiger partial charge in [0.05, 0.1) is 23.4 Å². The highest BCUT2D eigenvalue weighted by atomic mass is 32.1. The summed E-state index contributed by atoms with van der Waals surface area (Å²) in [6.07, 6.45) is 0.930. The van der Waals surface area contributed by atoms with Crippen LogP contribution in [0.25, 0.3) is 0 Å². The topological polar surface area (TPSA) is 51.4 Å². The van der Waals surface area contributed by atoms with Crippen LogP contribution >= 0.6 is 11.3 Å². The molecule has 5 heteroatoms. The molecule has 1 aromatic rings. The zero-order valence-electron chi connectivity index (χ0n) is 12.3. The molecule has 108 valence electrons. The maximum atomic E-state index is 6.28. The van der Waals surface area contributed by atoms with Crippen molar-refractivity contribution in [2.75, 3.05) is 26.7 Å². The first kappa shape index (κ1) is 14.9. The van der Waals surface area contributed by atoms with Crippen molar-refractivity contribution in [2.45, 2.75) is 44.8 Å². The van der Waals surface area contributed by atoms with Crippen molar-refractivity contribution in [2.24, 2.45) is 5.73 Å². The summed E-state index contributed by atoms with van der Waals surface area (Å²) in [5.41, 5.74) is 7.54. The van der Waals surface area contributed by atoms with Crippen LogP contribution < -0.4 is 5.73 Å². The molecule has 0 radical (unpaired) electrons. The predicted octanol–water partition coefficient (Wildman–Crippen LogP) is 1.64. The van der Waals surface area contributed by atoms with Gasteiger partial charge < -0.3 is 15.4 Å². The molecule has 2 unspecified atom stereocenters. The van der Waals surface area contributed by atoms with E-state index in [1.165, 1.54) is 0 Å². The van der Waals surface area contributed by atoms with Gasteiger partial charge in [-0.15, -0.1) is 11.3 Å². The number of morpholine rings is 1. The zero-order chi connectivity index (χ0) is 14.0. The van der Waals surface area contributed by atoms with E-state index in [-0.39, 0.29) is 17.6 Å². The van der Waals surface area contributed by atoms with Crippen LogP contribution in [-0.2, 0) is 16.6 Å². The molecule has 1 aromatic heterocycles. The van der Waals surface area contributed by atoms with Crippen molar-refractivity contribution in [3.63, 3.8) is 0 Å². The summed E-state index contributed by atoms with van der Waals surface area (Å²) >= 11 is 1.71. The molecule has 1 saturated heterocycles. The first-order valence-corrected chi connectivity index (χ1v) is 7.75. The third kappa shape index (κ3) is 3.99. The van der Waals surface area contributed by atoms with Crippen LogP contribution in [0.4, 0.5) is 0 Å². The lowest BCUT2D eigenvalue weighted by atomic mass is 9.93. The highest BCUT2D eigenvalue weighted by Crippen LogP contribution is 2.24. The Morgan fingerprint density at radius 2 is 2.32 bits per heavy atom. The molecule has 0 spiro atoms. The molecule has 2 N–H and O–H groups in total. The SMILES string of the molecule is CN1CCOC(C(N)Cc2nc(C(C)(C)C)cs2)C1. The van der Waals surface area contributed by atoms with E-state index in [0.717, 1.165) is 36.8 Å². The highest BCUT2D eigenvalue weighted by molar-refractivity contribution is 7.09.